The lowest BCUT2D eigenvalue weighted by molar-refractivity contribution is -0.0996. The first-order valence-electron chi connectivity index (χ1n) is 6.76. The number of nitrogens with one attached hydrogen (secondary N) is 1. The van der Waals surface area contributed by atoms with Crippen LogP contribution in [-0.4, -0.2) is 26.3 Å². The van der Waals surface area contributed by atoms with Gasteiger partial charge in [-0.3, -0.25) is 0 Å². The summed E-state index contributed by atoms with van der Waals surface area (Å²) in [6.45, 7) is 13.4. The van der Waals surface area contributed by atoms with E-state index in [9.17, 15) is 0 Å². The topological polar surface area (TPSA) is 21.3 Å². The standard InChI is InChI=1S/C14H29NO/c1-5-6-7-8-13(2,3)9-15-10-14(4)11-16-12-14/h15H,5-12H2,1-4H3. The van der Waals surface area contributed by atoms with Gasteiger partial charge in [-0.25, -0.2) is 0 Å². The maximum absolute atomic E-state index is 5.26. The van der Waals surface area contributed by atoms with E-state index >= 15 is 0 Å². The van der Waals surface area contributed by atoms with Gasteiger partial charge in [-0.1, -0.05) is 47.0 Å². The number of rotatable bonds is 8. The molecular weight excluding hydrogens is 198 g/mol. The van der Waals surface area contributed by atoms with E-state index in [1.807, 2.05) is 0 Å². The van der Waals surface area contributed by atoms with Crippen molar-refractivity contribution in [3.05, 3.63) is 0 Å². The highest BCUT2D eigenvalue weighted by molar-refractivity contribution is 4.84. The Morgan fingerprint density at radius 1 is 1.25 bits per heavy atom. The SMILES string of the molecule is CCCCCC(C)(C)CNCC1(C)COC1. The number of unbranched alkanes of at least 4 members (excludes halogenated alkanes) is 2. The molecule has 1 aliphatic heterocycles. The van der Waals surface area contributed by atoms with Gasteiger partial charge in [0.15, 0.2) is 0 Å². The molecule has 0 aromatic carbocycles. The van der Waals surface area contributed by atoms with E-state index in [-0.39, 0.29) is 0 Å². The quantitative estimate of drug-likeness (QED) is 0.643. The fourth-order valence-electron chi connectivity index (χ4n) is 2.20. The highest BCUT2D eigenvalue weighted by atomic mass is 16.5. The average Bonchev–Trinajstić information content (AvgIpc) is 2.15. The molecule has 2 nitrogen and oxygen atoms in total. The Labute approximate surface area is 101 Å². The number of hydrogen-bond donors (Lipinski definition) is 1. The molecule has 0 spiro atoms. The predicted molar refractivity (Wildman–Crippen MR) is 69.7 cm³/mol. The second kappa shape index (κ2) is 6.02. The van der Waals surface area contributed by atoms with Gasteiger partial charge in [0.05, 0.1) is 13.2 Å². The third-order valence-electron chi connectivity index (χ3n) is 3.51. The third kappa shape index (κ3) is 4.84. The zero-order chi connectivity index (χ0) is 12.1. The van der Waals surface area contributed by atoms with Crippen LogP contribution in [0.3, 0.4) is 0 Å². The van der Waals surface area contributed by atoms with Crippen LogP contribution >= 0.6 is 0 Å². The average molecular weight is 227 g/mol. The summed E-state index contributed by atoms with van der Waals surface area (Å²) >= 11 is 0. The molecule has 1 fully saturated rings. The fourth-order valence-corrected chi connectivity index (χ4v) is 2.20. The smallest absolute Gasteiger partial charge is 0.0554 e. The summed E-state index contributed by atoms with van der Waals surface area (Å²) in [6.07, 6.45) is 5.39. The highest BCUT2D eigenvalue weighted by Crippen LogP contribution is 2.27. The van der Waals surface area contributed by atoms with Crippen molar-refractivity contribution in [2.45, 2.75) is 53.4 Å². The van der Waals surface area contributed by atoms with E-state index in [2.05, 4.69) is 33.0 Å². The molecule has 0 saturated carbocycles. The van der Waals surface area contributed by atoms with Gasteiger partial charge < -0.3 is 10.1 Å². The molecule has 1 rings (SSSR count). The molecule has 1 N–H and O–H groups in total. The summed E-state index contributed by atoms with van der Waals surface area (Å²) in [6, 6.07) is 0. The molecule has 0 aliphatic carbocycles. The largest absolute Gasteiger partial charge is 0.380 e. The van der Waals surface area contributed by atoms with Crippen molar-refractivity contribution in [1.29, 1.82) is 0 Å². The van der Waals surface area contributed by atoms with Gasteiger partial charge in [-0.05, 0) is 11.8 Å². The minimum atomic E-state index is 0.402. The Morgan fingerprint density at radius 3 is 2.44 bits per heavy atom. The van der Waals surface area contributed by atoms with Gasteiger partial charge in [-0.2, -0.15) is 0 Å². The van der Waals surface area contributed by atoms with Crippen molar-refractivity contribution >= 4 is 0 Å². The molecule has 0 unspecified atom stereocenters. The second-order valence-electron chi connectivity index (χ2n) is 6.53. The van der Waals surface area contributed by atoms with Crippen LogP contribution in [0, 0.1) is 10.8 Å². The van der Waals surface area contributed by atoms with Crippen molar-refractivity contribution < 1.29 is 4.74 Å². The Bertz CT molecular complexity index is 197. The van der Waals surface area contributed by atoms with Crippen LogP contribution in [0.4, 0.5) is 0 Å². The van der Waals surface area contributed by atoms with Gasteiger partial charge >= 0.3 is 0 Å². The van der Waals surface area contributed by atoms with Crippen molar-refractivity contribution in [1.82, 2.24) is 5.32 Å². The van der Waals surface area contributed by atoms with Crippen LogP contribution in [0.25, 0.3) is 0 Å². The van der Waals surface area contributed by atoms with Gasteiger partial charge in [-0.15, -0.1) is 0 Å². The van der Waals surface area contributed by atoms with E-state index in [1.54, 1.807) is 0 Å². The Morgan fingerprint density at radius 2 is 1.94 bits per heavy atom. The van der Waals surface area contributed by atoms with Gasteiger partial charge in [0.2, 0.25) is 0 Å². The summed E-state index contributed by atoms with van der Waals surface area (Å²) in [5.41, 5.74) is 0.843. The Balaban J connectivity index is 2.09. The summed E-state index contributed by atoms with van der Waals surface area (Å²) in [5, 5.41) is 3.62. The molecule has 0 radical (unpaired) electrons. The zero-order valence-electron chi connectivity index (χ0n) is 11.6. The monoisotopic (exact) mass is 227 g/mol. The first-order chi connectivity index (χ1) is 7.47. The molecule has 1 aliphatic rings. The first kappa shape index (κ1) is 14.0. The number of ether oxygens (including phenoxy) is 1. The normalized spacial score (nSPS) is 19.5. The summed E-state index contributed by atoms with van der Waals surface area (Å²) in [4.78, 5) is 0. The summed E-state index contributed by atoms with van der Waals surface area (Å²) < 4.78 is 5.26. The van der Waals surface area contributed by atoms with Crippen molar-refractivity contribution in [3.8, 4) is 0 Å². The molecule has 16 heavy (non-hydrogen) atoms. The first-order valence-corrected chi connectivity index (χ1v) is 6.76. The molecule has 0 aromatic heterocycles. The fraction of sp³-hybridized carbons (Fsp3) is 1.00. The van der Waals surface area contributed by atoms with Crippen LogP contribution < -0.4 is 5.32 Å². The van der Waals surface area contributed by atoms with Gasteiger partial charge in [0.25, 0.3) is 0 Å². The highest BCUT2D eigenvalue weighted by Gasteiger charge is 2.33. The zero-order valence-corrected chi connectivity index (χ0v) is 11.6. The maximum Gasteiger partial charge on any atom is 0.0554 e. The third-order valence-corrected chi connectivity index (χ3v) is 3.51. The van der Waals surface area contributed by atoms with Crippen LogP contribution in [0.1, 0.15) is 53.4 Å². The van der Waals surface area contributed by atoms with E-state index in [0.717, 1.165) is 26.3 Å². The van der Waals surface area contributed by atoms with Crippen molar-refractivity contribution in [3.63, 3.8) is 0 Å². The molecule has 0 atom stereocenters. The maximum atomic E-state index is 5.26. The molecule has 2 heteroatoms. The van der Waals surface area contributed by atoms with Crippen molar-refractivity contribution in [2.24, 2.45) is 10.8 Å². The second-order valence-corrected chi connectivity index (χ2v) is 6.53. The minimum absolute atomic E-state index is 0.402. The Hall–Kier alpha value is -0.0800. The van der Waals surface area contributed by atoms with Gasteiger partial charge in [0.1, 0.15) is 0 Å². The number of hydrogen-bond acceptors (Lipinski definition) is 2. The van der Waals surface area contributed by atoms with E-state index in [0.29, 0.717) is 10.8 Å². The van der Waals surface area contributed by atoms with Crippen LogP contribution in [0.5, 0.6) is 0 Å². The van der Waals surface area contributed by atoms with Crippen LogP contribution in [0.2, 0.25) is 0 Å². The van der Waals surface area contributed by atoms with E-state index in [1.165, 1.54) is 25.7 Å². The molecule has 1 saturated heterocycles. The summed E-state index contributed by atoms with van der Waals surface area (Å²) in [7, 11) is 0. The van der Waals surface area contributed by atoms with Crippen LogP contribution in [0.15, 0.2) is 0 Å². The lowest BCUT2D eigenvalue weighted by Crippen LogP contribution is -2.48. The van der Waals surface area contributed by atoms with Crippen molar-refractivity contribution in [2.75, 3.05) is 26.3 Å². The Kier molecular flexibility index (Phi) is 5.26. The van der Waals surface area contributed by atoms with Crippen LogP contribution in [-0.2, 0) is 4.74 Å². The molecule has 96 valence electrons. The molecule has 0 bridgehead atoms. The lowest BCUT2D eigenvalue weighted by Gasteiger charge is -2.39. The molecule has 0 amide bonds. The predicted octanol–water partition coefficient (Wildman–Crippen LogP) is 3.22. The molecule has 1 heterocycles. The van der Waals surface area contributed by atoms with E-state index in [4.69, 9.17) is 4.74 Å². The van der Waals surface area contributed by atoms with Gasteiger partial charge in [0, 0.05) is 18.5 Å². The summed E-state index contributed by atoms with van der Waals surface area (Å²) in [5.74, 6) is 0. The molecular formula is C14H29NO. The van der Waals surface area contributed by atoms with E-state index < -0.39 is 0 Å². The molecule has 0 aromatic rings. The minimum Gasteiger partial charge on any atom is -0.380 e. The lowest BCUT2D eigenvalue weighted by atomic mass is 9.85.